The molecule has 0 fully saturated rings. The van der Waals surface area contributed by atoms with E-state index in [1.165, 1.54) is 12.3 Å². The lowest BCUT2D eigenvalue weighted by atomic mass is 10.2. The van der Waals surface area contributed by atoms with E-state index < -0.39 is 22.5 Å². The van der Waals surface area contributed by atoms with Crippen LogP contribution in [0.4, 0.5) is 10.1 Å². The number of sulfonamides is 1. The minimum atomic E-state index is -3.70. The maximum atomic E-state index is 14.2. The van der Waals surface area contributed by atoms with Gasteiger partial charge in [0.2, 0.25) is 10.0 Å². The summed E-state index contributed by atoms with van der Waals surface area (Å²) in [6.45, 7) is 3.23. The second kappa shape index (κ2) is 9.66. The summed E-state index contributed by atoms with van der Waals surface area (Å²) in [5.74, 6) is -0.954. The van der Waals surface area contributed by atoms with E-state index in [1.54, 1.807) is 47.0 Å². The first kappa shape index (κ1) is 23.7. The number of rotatable bonds is 7. The molecule has 0 spiro atoms. The largest absolute Gasteiger partial charge is 0.315 e. The number of anilines is 1. The molecule has 0 aliphatic heterocycles. The fourth-order valence-electron chi connectivity index (χ4n) is 3.30. The number of benzene rings is 2. The van der Waals surface area contributed by atoms with Crippen LogP contribution in [0.1, 0.15) is 17.0 Å². The van der Waals surface area contributed by atoms with E-state index in [1.807, 2.05) is 19.9 Å². The zero-order valence-electron chi connectivity index (χ0n) is 17.7. The lowest BCUT2D eigenvalue weighted by molar-refractivity contribution is -0.119. The summed E-state index contributed by atoms with van der Waals surface area (Å²) in [5, 5.41) is 3.96. The molecule has 2 aromatic carbocycles. The molecule has 32 heavy (non-hydrogen) atoms. The average molecular weight is 521 g/mol. The molecule has 0 unspecified atom stereocenters. The second-order valence-corrected chi connectivity index (χ2v) is 9.89. The molecule has 1 heterocycles. The Balaban J connectivity index is 1.76. The van der Waals surface area contributed by atoms with Gasteiger partial charge in [-0.2, -0.15) is 5.10 Å². The minimum absolute atomic E-state index is 0.348. The van der Waals surface area contributed by atoms with Crippen molar-refractivity contribution in [1.82, 2.24) is 9.99 Å². The second-order valence-electron chi connectivity index (χ2n) is 7.13. The number of nitrogens with one attached hydrogen (secondary N) is 1. The van der Waals surface area contributed by atoms with Crippen LogP contribution in [0.15, 0.2) is 64.2 Å². The van der Waals surface area contributed by atoms with Crippen LogP contribution in [0.25, 0.3) is 5.69 Å². The smallest absolute Gasteiger partial charge is 0.260 e. The normalized spacial score (nSPS) is 11.7. The molecule has 0 radical (unpaired) electrons. The van der Waals surface area contributed by atoms with Crippen molar-refractivity contribution in [1.29, 1.82) is 0 Å². The molecule has 168 valence electrons. The van der Waals surface area contributed by atoms with Gasteiger partial charge in [-0.25, -0.2) is 18.2 Å². The Bertz CT molecular complexity index is 1290. The number of para-hydroxylation sites is 2. The third-order valence-electron chi connectivity index (χ3n) is 4.77. The Morgan fingerprint density at radius 1 is 1.19 bits per heavy atom. The van der Waals surface area contributed by atoms with Gasteiger partial charge in [-0.1, -0.05) is 24.3 Å². The predicted octanol–water partition coefficient (Wildman–Crippen LogP) is 3.91. The van der Waals surface area contributed by atoms with Crippen LogP contribution in [-0.2, 0) is 14.8 Å². The van der Waals surface area contributed by atoms with E-state index in [0.717, 1.165) is 21.9 Å². The molecular formula is C22H22BrFN4O3S. The summed E-state index contributed by atoms with van der Waals surface area (Å²) in [5.41, 5.74) is 5.37. The van der Waals surface area contributed by atoms with Crippen molar-refractivity contribution < 1.29 is 17.6 Å². The van der Waals surface area contributed by atoms with Crippen molar-refractivity contribution >= 4 is 43.8 Å². The van der Waals surface area contributed by atoms with Gasteiger partial charge in [-0.3, -0.25) is 9.10 Å². The van der Waals surface area contributed by atoms with E-state index in [9.17, 15) is 17.6 Å². The zero-order chi connectivity index (χ0) is 23.5. The first-order valence-electron chi connectivity index (χ1n) is 9.57. The summed E-state index contributed by atoms with van der Waals surface area (Å²) < 4.78 is 41.9. The molecule has 10 heteroatoms. The Kier molecular flexibility index (Phi) is 7.15. The van der Waals surface area contributed by atoms with Gasteiger partial charge in [0.15, 0.2) is 0 Å². The number of aromatic nitrogens is 1. The number of nitrogens with zero attached hydrogens (tertiary/aromatic N) is 3. The molecule has 0 aliphatic rings. The van der Waals surface area contributed by atoms with E-state index in [2.05, 4.69) is 26.5 Å². The third kappa shape index (κ3) is 5.25. The van der Waals surface area contributed by atoms with Crippen molar-refractivity contribution in [3.05, 3.63) is 81.8 Å². The average Bonchev–Trinajstić information content (AvgIpc) is 3.00. The van der Waals surface area contributed by atoms with Gasteiger partial charge in [-0.15, -0.1) is 0 Å². The number of halogens is 2. The first-order chi connectivity index (χ1) is 15.1. The van der Waals surface area contributed by atoms with Crippen LogP contribution in [0.2, 0.25) is 0 Å². The fourth-order valence-corrected chi connectivity index (χ4v) is 4.78. The van der Waals surface area contributed by atoms with Crippen LogP contribution in [-0.4, -0.2) is 37.9 Å². The summed E-state index contributed by atoms with van der Waals surface area (Å²) >= 11 is 3.31. The minimum Gasteiger partial charge on any atom is -0.315 e. The van der Waals surface area contributed by atoms with Gasteiger partial charge in [0.25, 0.3) is 5.91 Å². The highest BCUT2D eigenvalue weighted by Crippen LogP contribution is 2.27. The summed E-state index contributed by atoms with van der Waals surface area (Å²) in [6.07, 6.45) is 2.47. The lowest BCUT2D eigenvalue weighted by Gasteiger charge is -2.22. The van der Waals surface area contributed by atoms with Crippen molar-refractivity contribution in [2.45, 2.75) is 13.8 Å². The highest BCUT2D eigenvalue weighted by molar-refractivity contribution is 9.10. The van der Waals surface area contributed by atoms with Crippen LogP contribution < -0.4 is 9.73 Å². The molecule has 0 saturated heterocycles. The molecule has 0 saturated carbocycles. The molecular weight excluding hydrogens is 499 g/mol. The Morgan fingerprint density at radius 2 is 1.84 bits per heavy atom. The zero-order valence-corrected chi connectivity index (χ0v) is 20.1. The SMILES string of the molecule is Cc1cc(C=NNC(=O)CN(c2ccccc2Br)S(C)(=O)=O)c(C)n1-c1ccccc1F. The van der Waals surface area contributed by atoms with Crippen LogP contribution in [0, 0.1) is 19.7 Å². The van der Waals surface area contributed by atoms with E-state index in [-0.39, 0.29) is 5.82 Å². The van der Waals surface area contributed by atoms with Crippen molar-refractivity contribution in [3.63, 3.8) is 0 Å². The van der Waals surface area contributed by atoms with E-state index in [4.69, 9.17) is 0 Å². The van der Waals surface area contributed by atoms with Gasteiger partial charge in [0.05, 0.1) is 23.8 Å². The molecule has 0 atom stereocenters. The number of carbonyl (C=O) groups is 1. The molecule has 1 aromatic heterocycles. The van der Waals surface area contributed by atoms with Crippen molar-refractivity contribution in [2.24, 2.45) is 5.10 Å². The molecule has 7 nitrogen and oxygen atoms in total. The quantitative estimate of drug-likeness (QED) is 0.378. The topological polar surface area (TPSA) is 83.8 Å². The van der Waals surface area contributed by atoms with E-state index in [0.29, 0.717) is 21.4 Å². The van der Waals surface area contributed by atoms with Gasteiger partial charge in [0, 0.05) is 21.4 Å². The summed E-state index contributed by atoms with van der Waals surface area (Å²) in [4.78, 5) is 12.4. The number of hydrazone groups is 1. The fraction of sp³-hybridized carbons (Fsp3) is 0.182. The summed E-state index contributed by atoms with van der Waals surface area (Å²) in [6, 6.07) is 15.0. The van der Waals surface area contributed by atoms with Crippen LogP contribution in [0.5, 0.6) is 0 Å². The van der Waals surface area contributed by atoms with Crippen LogP contribution >= 0.6 is 15.9 Å². The molecule has 1 amide bonds. The molecule has 0 bridgehead atoms. The molecule has 1 N–H and O–H groups in total. The van der Waals surface area contributed by atoms with Gasteiger partial charge in [-0.05, 0) is 60.1 Å². The maximum Gasteiger partial charge on any atom is 0.260 e. The standard InChI is InChI=1S/C22H22BrFN4O3S/c1-15-12-17(16(2)28(15)21-11-7-5-9-19(21)24)13-25-26-22(29)14-27(32(3,30)31)20-10-6-4-8-18(20)23/h4-13H,14H2,1-3H3,(H,26,29). The monoisotopic (exact) mass is 520 g/mol. The van der Waals surface area contributed by atoms with Gasteiger partial charge >= 0.3 is 0 Å². The molecule has 0 aliphatic carbocycles. The number of hydrogen-bond donors (Lipinski definition) is 1. The van der Waals surface area contributed by atoms with Crippen molar-refractivity contribution in [3.8, 4) is 5.69 Å². The number of hydrogen-bond acceptors (Lipinski definition) is 4. The van der Waals surface area contributed by atoms with Crippen molar-refractivity contribution in [2.75, 3.05) is 17.1 Å². The first-order valence-corrected chi connectivity index (χ1v) is 12.2. The molecule has 3 rings (SSSR count). The van der Waals surface area contributed by atoms with E-state index >= 15 is 0 Å². The maximum absolute atomic E-state index is 14.2. The predicted molar refractivity (Wildman–Crippen MR) is 127 cm³/mol. The van der Waals surface area contributed by atoms with Gasteiger partial charge < -0.3 is 4.57 Å². The number of amides is 1. The highest BCUT2D eigenvalue weighted by Gasteiger charge is 2.22. The Labute approximate surface area is 194 Å². The highest BCUT2D eigenvalue weighted by atomic mass is 79.9. The lowest BCUT2D eigenvalue weighted by Crippen LogP contribution is -2.39. The Morgan fingerprint density at radius 3 is 2.50 bits per heavy atom. The van der Waals surface area contributed by atoms with Crippen LogP contribution in [0.3, 0.4) is 0 Å². The number of carbonyl (C=O) groups excluding carboxylic acids is 1. The van der Waals surface area contributed by atoms with Gasteiger partial charge in [0.1, 0.15) is 12.4 Å². The third-order valence-corrected chi connectivity index (χ3v) is 6.56. The Hall–Kier alpha value is -2.98. The number of aryl methyl sites for hydroxylation is 1. The summed E-state index contributed by atoms with van der Waals surface area (Å²) in [7, 11) is -3.70. The molecule has 3 aromatic rings.